The number of nitrogens with one attached hydrogen (secondary N) is 1. The summed E-state index contributed by atoms with van der Waals surface area (Å²) in [5.41, 5.74) is 0.0379. The lowest BCUT2D eigenvalue weighted by atomic mass is 10.0. The molecule has 1 aliphatic rings. The van der Waals surface area contributed by atoms with Gasteiger partial charge in [-0.2, -0.15) is 0 Å². The average Bonchev–Trinajstić information content (AvgIpc) is 2.81. The van der Waals surface area contributed by atoms with Crippen LogP contribution in [0.2, 0.25) is 0 Å². The van der Waals surface area contributed by atoms with Crippen LogP contribution in [0.3, 0.4) is 0 Å². The van der Waals surface area contributed by atoms with Crippen LogP contribution in [0, 0.1) is 12.7 Å². The monoisotopic (exact) mass is 475 g/mol. The minimum Gasteiger partial charge on any atom is -0.395 e. The number of anilines is 2. The molecule has 1 fully saturated rings. The number of aliphatic hydroxyl groups is 1. The van der Waals surface area contributed by atoms with Crippen molar-refractivity contribution in [3.63, 3.8) is 0 Å². The lowest BCUT2D eigenvalue weighted by Gasteiger charge is -2.29. The third-order valence-electron chi connectivity index (χ3n) is 6.17. The van der Waals surface area contributed by atoms with Crippen LogP contribution in [0.15, 0.2) is 29.1 Å². The molecule has 0 bridgehead atoms. The minimum absolute atomic E-state index is 0.0630. The Bertz CT molecular complexity index is 1240. The Balaban J connectivity index is 1.83. The Morgan fingerprint density at radius 3 is 2.53 bits per heavy atom. The van der Waals surface area contributed by atoms with Gasteiger partial charge in [0.15, 0.2) is 0 Å². The zero-order valence-electron chi connectivity index (χ0n) is 19.2. The molecule has 0 amide bonds. The number of rotatable bonds is 7. The predicted octanol–water partition coefficient (Wildman–Crippen LogP) is 4.33. The van der Waals surface area contributed by atoms with Crippen LogP contribution in [-0.4, -0.2) is 39.3 Å². The maximum absolute atomic E-state index is 14.8. The molecule has 0 aliphatic carbocycles. The molecule has 1 aliphatic heterocycles. The second-order valence-electron chi connectivity index (χ2n) is 8.53. The Kier molecular flexibility index (Phi) is 7.06. The van der Waals surface area contributed by atoms with Gasteiger partial charge in [0.2, 0.25) is 0 Å². The second-order valence-corrected chi connectivity index (χ2v) is 8.53. The van der Waals surface area contributed by atoms with E-state index in [0.29, 0.717) is 28.4 Å². The van der Waals surface area contributed by atoms with Gasteiger partial charge in [0.05, 0.1) is 30.1 Å². The van der Waals surface area contributed by atoms with Crippen LogP contribution in [-0.2, 0) is 6.54 Å². The summed E-state index contributed by atoms with van der Waals surface area (Å²) >= 11 is 0. The first-order valence-corrected chi connectivity index (χ1v) is 11.4. The first-order chi connectivity index (χ1) is 16.3. The van der Waals surface area contributed by atoms with Gasteiger partial charge in [0.1, 0.15) is 28.8 Å². The molecule has 0 saturated carbocycles. The van der Waals surface area contributed by atoms with Crippen molar-refractivity contribution >= 4 is 22.5 Å². The number of piperidine rings is 1. The highest BCUT2D eigenvalue weighted by molar-refractivity contribution is 5.89. The van der Waals surface area contributed by atoms with Crippen molar-refractivity contribution in [3.05, 3.63) is 57.4 Å². The molecule has 182 valence electrons. The molecule has 1 aromatic carbocycles. The summed E-state index contributed by atoms with van der Waals surface area (Å²) in [4.78, 5) is 24.2. The molecule has 2 N–H and O–H groups in total. The number of aromatic nitrogens is 3. The SMILES string of the molecule is Cc1nc(N[C@H](C)c2cccc(C(F)F)c2F)c2cc(N3CCCCC3)c(=O)n(CCO)c2n1. The number of fused-ring (bicyclic) bond motifs is 1. The number of pyridine rings is 1. The van der Waals surface area contributed by atoms with Crippen molar-refractivity contribution < 1.29 is 18.3 Å². The van der Waals surface area contributed by atoms with Gasteiger partial charge in [-0.25, -0.2) is 23.1 Å². The fourth-order valence-corrected chi connectivity index (χ4v) is 4.47. The maximum atomic E-state index is 14.8. The van der Waals surface area contributed by atoms with E-state index >= 15 is 0 Å². The second kappa shape index (κ2) is 10.0. The van der Waals surface area contributed by atoms with E-state index in [1.165, 1.54) is 16.7 Å². The van der Waals surface area contributed by atoms with Gasteiger partial charge >= 0.3 is 0 Å². The van der Waals surface area contributed by atoms with E-state index in [1.807, 2.05) is 4.90 Å². The number of halogens is 3. The van der Waals surface area contributed by atoms with Crippen molar-refractivity contribution in [1.29, 1.82) is 0 Å². The summed E-state index contributed by atoms with van der Waals surface area (Å²) in [6, 6.07) is 4.97. The molecule has 0 unspecified atom stereocenters. The predicted molar refractivity (Wildman–Crippen MR) is 125 cm³/mol. The lowest BCUT2D eigenvalue weighted by molar-refractivity contribution is 0.146. The molecule has 1 atom stereocenters. The standard InChI is InChI=1S/C24H28F3N5O2/c1-14(16-7-6-8-17(20(16)25)21(26)27)28-22-18-13-19(31-9-4-3-5-10-31)24(34)32(11-12-33)23(18)30-15(2)29-22/h6-8,13-14,21,33H,3-5,9-12H2,1-2H3,(H,28,29,30)/t14-/m1/s1. The molecular weight excluding hydrogens is 447 g/mol. The van der Waals surface area contributed by atoms with Gasteiger partial charge in [-0.1, -0.05) is 18.2 Å². The van der Waals surface area contributed by atoms with Crippen LogP contribution >= 0.6 is 0 Å². The van der Waals surface area contributed by atoms with Crippen molar-refractivity contribution in [3.8, 4) is 0 Å². The van der Waals surface area contributed by atoms with Crippen LogP contribution < -0.4 is 15.8 Å². The number of benzene rings is 1. The smallest absolute Gasteiger partial charge is 0.275 e. The fourth-order valence-electron chi connectivity index (χ4n) is 4.47. The molecule has 3 heterocycles. The molecular formula is C24H28F3N5O2. The van der Waals surface area contributed by atoms with Gasteiger partial charge in [0.25, 0.3) is 12.0 Å². The van der Waals surface area contributed by atoms with Crippen molar-refractivity contribution in [2.24, 2.45) is 0 Å². The molecule has 1 saturated heterocycles. The largest absolute Gasteiger partial charge is 0.395 e. The fraction of sp³-hybridized carbons (Fsp3) is 0.458. The summed E-state index contributed by atoms with van der Waals surface area (Å²) in [5, 5.41) is 13.3. The van der Waals surface area contributed by atoms with Crippen LogP contribution in [0.25, 0.3) is 11.0 Å². The van der Waals surface area contributed by atoms with Crippen LogP contribution in [0.5, 0.6) is 0 Å². The third-order valence-corrected chi connectivity index (χ3v) is 6.17. The molecule has 4 rings (SSSR count). The molecule has 0 spiro atoms. The first-order valence-electron chi connectivity index (χ1n) is 11.4. The molecule has 2 aromatic heterocycles. The van der Waals surface area contributed by atoms with Gasteiger partial charge in [-0.15, -0.1) is 0 Å². The van der Waals surface area contributed by atoms with E-state index in [4.69, 9.17) is 0 Å². The quantitative estimate of drug-likeness (QED) is 0.529. The number of alkyl halides is 2. The zero-order chi connectivity index (χ0) is 24.4. The summed E-state index contributed by atoms with van der Waals surface area (Å²) in [5.74, 6) is -0.221. The Labute approximate surface area is 195 Å². The number of aryl methyl sites for hydroxylation is 1. The van der Waals surface area contributed by atoms with E-state index in [9.17, 15) is 23.1 Å². The lowest BCUT2D eigenvalue weighted by Crippen LogP contribution is -2.36. The minimum atomic E-state index is -2.92. The van der Waals surface area contributed by atoms with E-state index in [0.717, 1.165) is 38.4 Å². The van der Waals surface area contributed by atoms with E-state index in [-0.39, 0.29) is 24.3 Å². The van der Waals surface area contributed by atoms with Gasteiger partial charge in [0, 0.05) is 18.7 Å². The number of aliphatic hydroxyl groups excluding tert-OH is 1. The topological polar surface area (TPSA) is 83.3 Å². The van der Waals surface area contributed by atoms with Gasteiger partial charge in [-0.3, -0.25) is 9.36 Å². The van der Waals surface area contributed by atoms with Crippen LogP contribution in [0.1, 0.15) is 55.6 Å². The first kappa shape index (κ1) is 24.0. The highest BCUT2D eigenvalue weighted by Gasteiger charge is 2.23. The van der Waals surface area contributed by atoms with E-state index in [2.05, 4.69) is 15.3 Å². The average molecular weight is 476 g/mol. The molecule has 10 heteroatoms. The van der Waals surface area contributed by atoms with Gasteiger partial charge in [-0.05, 0) is 39.2 Å². The normalized spacial score (nSPS) is 15.2. The summed E-state index contributed by atoms with van der Waals surface area (Å²) in [7, 11) is 0. The van der Waals surface area contributed by atoms with E-state index < -0.39 is 23.8 Å². The number of hydrogen-bond donors (Lipinski definition) is 2. The Morgan fingerprint density at radius 1 is 1.15 bits per heavy atom. The van der Waals surface area contributed by atoms with Crippen molar-refractivity contribution in [2.45, 2.75) is 52.1 Å². The highest BCUT2D eigenvalue weighted by Crippen LogP contribution is 2.31. The van der Waals surface area contributed by atoms with E-state index in [1.54, 1.807) is 19.9 Å². The molecule has 0 radical (unpaired) electrons. The Hall–Kier alpha value is -3.14. The molecule has 3 aromatic rings. The van der Waals surface area contributed by atoms with Crippen LogP contribution in [0.4, 0.5) is 24.7 Å². The van der Waals surface area contributed by atoms with Gasteiger partial charge < -0.3 is 15.3 Å². The molecule has 34 heavy (non-hydrogen) atoms. The van der Waals surface area contributed by atoms with Crippen molar-refractivity contribution in [2.75, 3.05) is 29.9 Å². The zero-order valence-corrected chi connectivity index (χ0v) is 19.2. The third kappa shape index (κ3) is 4.59. The number of nitrogens with zero attached hydrogens (tertiary/aromatic N) is 4. The number of hydrogen-bond acceptors (Lipinski definition) is 6. The molecule has 7 nitrogen and oxygen atoms in total. The highest BCUT2D eigenvalue weighted by atomic mass is 19.3. The maximum Gasteiger partial charge on any atom is 0.275 e. The van der Waals surface area contributed by atoms with Crippen molar-refractivity contribution in [1.82, 2.24) is 14.5 Å². The Morgan fingerprint density at radius 2 is 1.85 bits per heavy atom. The summed E-state index contributed by atoms with van der Waals surface area (Å²) in [6.45, 7) is 4.64. The summed E-state index contributed by atoms with van der Waals surface area (Å²) in [6.07, 6.45) is 0.132. The summed E-state index contributed by atoms with van der Waals surface area (Å²) < 4.78 is 42.6.